The van der Waals surface area contributed by atoms with Crippen molar-refractivity contribution in [1.29, 1.82) is 0 Å². The normalized spacial score (nSPS) is 9.10. The summed E-state index contributed by atoms with van der Waals surface area (Å²) in [7, 11) is -4.67. The minimum absolute atomic E-state index is 0.940. The number of rotatable bonds is 0. The van der Waals surface area contributed by atoms with Gasteiger partial charge in [0.25, 0.3) is 0 Å². The summed E-state index contributed by atoms with van der Waals surface area (Å²) >= 11 is 0. The largest absolute Gasteiger partial charge is 0.394 e. The molecule has 10 heavy (non-hydrogen) atoms. The van der Waals surface area contributed by atoms with Gasteiger partial charge >= 0.3 is 16.4 Å². The van der Waals surface area contributed by atoms with Crippen LogP contribution >= 0.6 is 0 Å². The summed E-state index contributed by atoms with van der Waals surface area (Å²) in [5.41, 5.74) is 5.46. The quantitative estimate of drug-likeness (QED) is 0.169. The van der Waals surface area contributed by atoms with Gasteiger partial charge < -0.3 is 5.73 Å². The fourth-order valence-corrected chi connectivity index (χ4v) is 0. The molecule has 8 nitrogen and oxygen atoms in total. The van der Waals surface area contributed by atoms with Gasteiger partial charge in [0.1, 0.15) is 0 Å². The molecule has 0 heterocycles. The molecule has 0 rings (SSSR count). The number of primary amides is 1. The van der Waals surface area contributed by atoms with Crippen molar-refractivity contribution in [2.24, 2.45) is 5.73 Å². The lowest BCUT2D eigenvalue weighted by atomic mass is 11.2. The third-order valence-corrected chi connectivity index (χ3v) is 0.110. The molecule has 0 aliphatic heterocycles. The minimum Gasteiger partial charge on any atom is -0.350 e. The molecule has 9 heteroatoms. The third-order valence-electron chi connectivity index (χ3n) is 0.110. The summed E-state index contributed by atoms with van der Waals surface area (Å²) in [5, 5.41) is 7.42. The first-order valence-electron chi connectivity index (χ1n) is 1.66. The summed E-state index contributed by atoms with van der Waals surface area (Å²) in [5.74, 6) is 0. The fourth-order valence-electron chi connectivity index (χ4n) is 0. The predicted molar refractivity (Wildman–Crippen MR) is 28.7 cm³/mol. The zero-order chi connectivity index (χ0) is 8.78. The molecule has 0 radical (unpaired) electrons. The molecule has 0 fully saturated rings. The summed E-state index contributed by atoms with van der Waals surface area (Å²) in [6.45, 7) is 0. The average Bonchev–Trinajstić information content (AvgIpc) is 1.61. The predicted octanol–water partition coefficient (Wildman–Crippen LogP) is -1.61. The number of urea groups is 1. The topological polar surface area (TPSA) is 150 Å². The second-order valence-electron chi connectivity index (χ2n) is 0.924. The zero-order valence-corrected chi connectivity index (χ0v) is 5.37. The van der Waals surface area contributed by atoms with Crippen molar-refractivity contribution in [2.45, 2.75) is 0 Å². The van der Waals surface area contributed by atoms with Crippen molar-refractivity contribution >= 4 is 16.4 Å². The highest BCUT2D eigenvalue weighted by atomic mass is 32.3. The van der Waals surface area contributed by atoms with Crippen LogP contribution in [-0.4, -0.2) is 28.8 Å². The lowest BCUT2D eigenvalue weighted by molar-refractivity contribution is 0.169. The van der Waals surface area contributed by atoms with Crippen LogP contribution in [-0.2, 0) is 10.4 Å². The van der Waals surface area contributed by atoms with Crippen LogP contribution in [0.5, 0.6) is 0 Å². The second-order valence-corrected chi connectivity index (χ2v) is 1.82. The van der Waals surface area contributed by atoms with Gasteiger partial charge in [-0.2, -0.15) is 8.42 Å². The first-order valence-corrected chi connectivity index (χ1v) is 3.06. The maximum atomic E-state index is 9.23. The van der Waals surface area contributed by atoms with E-state index >= 15 is 0 Å². The first kappa shape index (κ1) is 11.8. The Morgan fingerprint density at radius 3 is 1.50 bits per heavy atom. The molecule has 0 aromatic heterocycles. The Labute approximate surface area is 56.2 Å². The van der Waals surface area contributed by atoms with E-state index in [2.05, 4.69) is 5.73 Å². The minimum atomic E-state index is -4.67. The van der Waals surface area contributed by atoms with Crippen LogP contribution in [0.4, 0.5) is 4.79 Å². The molecule has 0 aliphatic rings. The SMILES string of the molecule is NC(=O)NO.O=S(=O)(O)O. The second kappa shape index (κ2) is 4.93. The van der Waals surface area contributed by atoms with Crippen molar-refractivity contribution in [1.82, 2.24) is 5.48 Å². The van der Waals surface area contributed by atoms with E-state index in [1.807, 2.05) is 0 Å². The Bertz CT molecular complexity index is 174. The standard InChI is InChI=1S/CH4N2O2.H2O4S/c2-1(4)3-5;1-5(2,3)4/h5H,(H3,2,3,4);(H2,1,2,3,4). The monoisotopic (exact) mass is 174 g/mol. The van der Waals surface area contributed by atoms with Crippen LogP contribution in [0.25, 0.3) is 0 Å². The molecular formula is CH6N2O6S. The number of hydrogen-bond acceptors (Lipinski definition) is 4. The Morgan fingerprint density at radius 2 is 1.50 bits per heavy atom. The molecule has 0 unspecified atom stereocenters. The third kappa shape index (κ3) is 218. The van der Waals surface area contributed by atoms with Crippen LogP contribution in [0.2, 0.25) is 0 Å². The van der Waals surface area contributed by atoms with Crippen molar-refractivity contribution in [2.75, 3.05) is 0 Å². The Hall–Kier alpha value is -0.900. The van der Waals surface area contributed by atoms with Gasteiger partial charge in [0.05, 0.1) is 0 Å². The molecule has 0 aromatic carbocycles. The molecule has 0 saturated heterocycles. The summed E-state index contributed by atoms with van der Waals surface area (Å²) in [6, 6.07) is -0.940. The number of carbonyl (C=O) groups is 1. The number of hydroxylamine groups is 1. The molecular weight excluding hydrogens is 168 g/mol. The average molecular weight is 174 g/mol. The highest BCUT2D eigenvalue weighted by Crippen LogP contribution is 1.59. The van der Waals surface area contributed by atoms with E-state index in [0.717, 1.165) is 0 Å². The molecule has 62 valence electrons. The maximum absolute atomic E-state index is 9.23. The Kier molecular flexibility index (Phi) is 5.84. The van der Waals surface area contributed by atoms with E-state index in [-0.39, 0.29) is 0 Å². The van der Waals surface area contributed by atoms with Crippen LogP contribution in [0, 0.1) is 0 Å². The molecule has 0 aromatic rings. The summed E-state index contributed by atoms with van der Waals surface area (Å²) in [6.07, 6.45) is 0. The number of nitrogens with two attached hydrogens (primary N) is 1. The van der Waals surface area contributed by atoms with Crippen molar-refractivity contribution in [3.8, 4) is 0 Å². The highest BCUT2D eigenvalue weighted by molar-refractivity contribution is 7.79. The summed E-state index contributed by atoms with van der Waals surface area (Å²) < 4.78 is 31.6. The number of carbonyl (C=O) groups excluding carboxylic acids is 1. The van der Waals surface area contributed by atoms with E-state index < -0.39 is 16.4 Å². The first-order chi connectivity index (χ1) is 4.27. The van der Waals surface area contributed by atoms with E-state index in [4.69, 9.17) is 22.7 Å². The zero-order valence-electron chi connectivity index (χ0n) is 4.55. The van der Waals surface area contributed by atoms with Gasteiger partial charge in [0, 0.05) is 0 Å². The Morgan fingerprint density at radius 1 is 1.40 bits per heavy atom. The molecule has 0 bridgehead atoms. The molecule has 0 spiro atoms. The fraction of sp³-hybridized carbons (Fsp3) is 0. The summed E-state index contributed by atoms with van der Waals surface area (Å²) in [4.78, 5) is 9.23. The van der Waals surface area contributed by atoms with Gasteiger partial charge in [-0.25, -0.2) is 10.3 Å². The lowest BCUT2D eigenvalue weighted by Crippen LogP contribution is -2.25. The van der Waals surface area contributed by atoms with Crippen molar-refractivity contribution in [3.63, 3.8) is 0 Å². The van der Waals surface area contributed by atoms with E-state index in [9.17, 15) is 4.79 Å². The van der Waals surface area contributed by atoms with E-state index in [1.165, 1.54) is 5.48 Å². The van der Waals surface area contributed by atoms with Crippen molar-refractivity contribution in [3.05, 3.63) is 0 Å². The van der Waals surface area contributed by atoms with E-state index in [1.54, 1.807) is 0 Å². The van der Waals surface area contributed by atoms with Gasteiger partial charge in [0.2, 0.25) is 0 Å². The van der Waals surface area contributed by atoms with Crippen molar-refractivity contribution < 1.29 is 27.5 Å². The molecule has 0 atom stereocenters. The molecule has 0 aliphatic carbocycles. The van der Waals surface area contributed by atoms with Gasteiger partial charge in [-0.3, -0.25) is 14.3 Å². The van der Waals surface area contributed by atoms with Crippen LogP contribution in [0.3, 0.4) is 0 Å². The Balaban J connectivity index is 0. The number of nitrogens with one attached hydrogen (secondary N) is 1. The van der Waals surface area contributed by atoms with Gasteiger partial charge in [0.15, 0.2) is 0 Å². The maximum Gasteiger partial charge on any atom is 0.394 e. The number of amides is 2. The van der Waals surface area contributed by atoms with Crippen LogP contribution in [0.1, 0.15) is 0 Å². The molecule has 6 N–H and O–H groups in total. The smallest absolute Gasteiger partial charge is 0.350 e. The molecule has 2 amide bonds. The van der Waals surface area contributed by atoms with E-state index in [0.29, 0.717) is 0 Å². The lowest BCUT2D eigenvalue weighted by Gasteiger charge is -1.79. The van der Waals surface area contributed by atoms with Crippen LogP contribution in [0.15, 0.2) is 0 Å². The highest BCUT2D eigenvalue weighted by Gasteiger charge is 1.84. The molecule has 0 saturated carbocycles. The van der Waals surface area contributed by atoms with Crippen LogP contribution < -0.4 is 11.2 Å². The van der Waals surface area contributed by atoms with Gasteiger partial charge in [-0.05, 0) is 0 Å². The van der Waals surface area contributed by atoms with Gasteiger partial charge in [-0.15, -0.1) is 0 Å². The number of hydrogen-bond donors (Lipinski definition) is 5. The van der Waals surface area contributed by atoms with Gasteiger partial charge in [-0.1, -0.05) is 0 Å².